The lowest BCUT2D eigenvalue weighted by Crippen LogP contribution is -2.08. The molecule has 2 aromatic heterocycles. The average molecular weight is 370 g/mol. The van der Waals surface area contributed by atoms with E-state index in [0.717, 1.165) is 27.9 Å². The van der Waals surface area contributed by atoms with E-state index in [-0.39, 0.29) is 5.78 Å². The molecule has 4 aromatic rings. The number of anilines is 1. The van der Waals surface area contributed by atoms with E-state index in [1.165, 1.54) is 5.56 Å². The topological polar surface area (TPSA) is 73.3 Å². The summed E-state index contributed by atoms with van der Waals surface area (Å²) in [4.78, 5) is 12.5. The molecule has 2 N–H and O–H groups in total. The number of fused-ring (bicyclic) bond motifs is 1. The number of Topliss-reactive ketones (excluding diaryl/α,β-unsaturated/α-hetero) is 1. The van der Waals surface area contributed by atoms with Crippen molar-refractivity contribution in [3.63, 3.8) is 0 Å². The van der Waals surface area contributed by atoms with Crippen LogP contribution in [-0.4, -0.2) is 20.4 Å². The highest BCUT2D eigenvalue weighted by atomic mass is 16.1. The van der Waals surface area contributed by atoms with Gasteiger partial charge in [-0.3, -0.25) is 9.20 Å². The van der Waals surface area contributed by atoms with Crippen molar-refractivity contribution in [2.24, 2.45) is 0 Å². The molecule has 4 rings (SSSR count). The molecule has 0 saturated carbocycles. The molecular formula is C23H22N4O. The minimum Gasteiger partial charge on any atom is -0.368 e. The molecule has 140 valence electrons. The maximum atomic E-state index is 12.5. The van der Waals surface area contributed by atoms with Crippen LogP contribution in [0.2, 0.25) is 0 Å². The summed E-state index contributed by atoms with van der Waals surface area (Å²) in [5.74, 6) is 0.574. The van der Waals surface area contributed by atoms with E-state index in [4.69, 9.17) is 5.73 Å². The Morgan fingerprint density at radius 1 is 0.964 bits per heavy atom. The Morgan fingerprint density at radius 3 is 2.54 bits per heavy atom. The largest absolute Gasteiger partial charge is 0.368 e. The van der Waals surface area contributed by atoms with Crippen molar-refractivity contribution >= 4 is 17.4 Å². The summed E-state index contributed by atoms with van der Waals surface area (Å²) < 4.78 is 1.82. The van der Waals surface area contributed by atoms with E-state index in [0.29, 0.717) is 24.4 Å². The number of nitrogen functional groups attached to an aromatic ring is 1. The summed E-state index contributed by atoms with van der Waals surface area (Å²) in [7, 11) is 0. The molecule has 28 heavy (non-hydrogen) atoms. The highest BCUT2D eigenvalue weighted by molar-refractivity contribution is 5.83. The second kappa shape index (κ2) is 7.27. The fraction of sp³-hybridized carbons (Fsp3) is 0.174. The summed E-state index contributed by atoms with van der Waals surface area (Å²) in [5.41, 5.74) is 13.0. The number of aryl methyl sites for hydroxylation is 2. The number of carbonyl (C=O) groups excluding carboxylic acids is 1. The lowest BCUT2D eigenvalue weighted by molar-refractivity contribution is -0.117. The monoisotopic (exact) mass is 370 g/mol. The maximum absolute atomic E-state index is 12.5. The third-order valence-corrected chi connectivity index (χ3v) is 5.00. The number of rotatable bonds is 5. The Balaban J connectivity index is 1.52. The summed E-state index contributed by atoms with van der Waals surface area (Å²) in [6.45, 7) is 4.10. The highest BCUT2D eigenvalue weighted by Crippen LogP contribution is 2.23. The molecule has 0 spiro atoms. The summed E-state index contributed by atoms with van der Waals surface area (Å²) in [6.07, 6.45) is 0.887. The summed E-state index contributed by atoms with van der Waals surface area (Å²) in [6, 6.07) is 20.0. The van der Waals surface area contributed by atoms with Crippen LogP contribution in [0.3, 0.4) is 0 Å². The average Bonchev–Trinajstić information content (AvgIpc) is 3.07. The van der Waals surface area contributed by atoms with Gasteiger partial charge in [0.1, 0.15) is 5.78 Å². The first-order valence-corrected chi connectivity index (χ1v) is 9.28. The lowest BCUT2D eigenvalue weighted by atomic mass is 9.97. The van der Waals surface area contributed by atoms with Crippen molar-refractivity contribution in [1.82, 2.24) is 14.6 Å². The lowest BCUT2D eigenvalue weighted by Gasteiger charge is -2.09. The molecule has 0 aliphatic carbocycles. The first-order valence-electron chi connectivity index (χ1n) is 9.28. The molecule has 0 atom stereocenters. The van der Waals surface area contributed by atoms with E-state index < -0.39 is 0 Å². The van der Waals surface area contributed by atoms with Crippen LogP contribution in [-0.2, 0) is 17.6 Å². The Bertz CT molecular complexity index is 1160. The number of hydrogen-bond acceptors (Lipinski definition) is 4. The Morgan fingerprint density at radius 2 is 1.75 bits per heavy atom. The normalized spacial score (nSPS) is 11.1. The molecule has 0 bridgehead atoms. The van der Waals surface area contributed by atoms with Crippen LogP contribution in [0.15, 0.2) is 60.7 Å². The van der Waals surface area contributed by atoms with E-state index in [9.17, 15) is 4.79 Å². The van der Waals surface area contributed by atoms with Crippen LogP contribution in [0, 0.1) is 13.8 Å². The number of aromatic nitrogens is 3. The van der Waals surface area contributed by atoms with Crippen molar-refractivity contribution < 1.29 is 4.79 Å². The highest BCUT2D eigenvalue weighted by Gasteiger charge is 2.10. The smallest absolute Gasteiger partial charge is 0.226 e. The van der Waals surface area contributed by atoms with Gasteiger partial charge in [0.05, 0.1) is 5.69 Å². The minimum atomic E-state index is 0.214. The zero-order valence-electron chi connectivity index (χ0n) is 16.0. The third-order valence-electron chi connectivity index (χ3n) is 5.00. The van der Waals surface area contributed by atoms with Gasteiger partial charge in [0, 0.05) is 12.8 Å². The van der Waals surface area contributed by atoms with Gasteiger partial charge < -0.3 is 5.73 Å². The van der Waals surface area contributed by atoms with E-state index >= 15 is 0 Å². The van der Waals surface area contributed by atoms with E-state index in [1.54, 1.807) is 0 Å². The first-order chi connectivity index (χ1) is 13.5. The van der Waals surface area contributed by atoms with Crippen LogP contribution in [0.5, 0.6) is 0 Å². The van der Waals surface area contributed by atoms with Gasteiger partial charge in [0.15, 0.2) is 5.65 Å². The zero-order valence-corrected chi connectivity index (χ0v) is 16.0. The molecule has 0 unspecified atom stereocenters. The SMILES string of the molecule is Cc1ccc(C)c(CC(=O)Cc2ccc(-c3cccc4nnc(N)n34)cc2)c1. The molecule has 0 aliphatic heterocycles. The molecule has 5 nitrogen and oxygen atoms in total. The number of nitrogens with zero attached hydrogens (tertiary/aromatic N) is 3. The quantitative estimate of drug-likeness (QED) is 0.577. The van der Waals surface area contributed by atoms with Crippen molar-refractivity contribution in [2.75, 3.05) is 5.73 Å². The number of pyridine rings is 1. The van der Waals surface area contributed by atoms with Crippen molar-refractivity contribution in [3.8, 4) is 11.3 Å². The van der Waals surface area contributed by atoms with Gasteiger partial charge in [-0.2, -0.15) is 0 Å². The van der Waals surface area contributed by atoms with Gasteiger partial charge in [-0.25, -0.2) is 0 Å². The predicted octanol–water partition coefficient (Wildman–Crippen LogP) is 3.95. The van der Waals surface area contributed by atoms with Gasteiger partial charge in [-0.1, -0.05) is 54.1 Å². The minimum absolute atomic E-state index is 0.214. The Kier molecular flexibility index (Phi) is 4.65. The predicted molar refractivity (Wildman–Crippen MR) is 111 cm³/mol. The molecule has 0 aliphatic rings. The summed E-state index contributed by atoms with van der Waals surface area (Å²) in [5, 5.41) is 8.00. The van der Waals surface area contributed by atoms with Crippen LogP contribution < -0.4 is 5.73 Å². The van der Waals surface area contributed by atoms with Gasteiger partial charge in [-0.15, -0.1) is 10.2 Å². The van der Waals surface area contributed by atoms with Crippen molar-refractivity contribution in [3.05, 3.63) is 82.9 Å². The molecule has 5 heteroatoms. The van der Waals surface area contributed by atoms with Crippen LogP contribution in [0.25, 0.3) is 16.9 Å². The standard InChI is InChI=1S/C23H22N4O/c1-15-6-7-16(2)19(12-15)14-20(28)13-17-8-10-18(11-9-17)21-4-3-5-22-25-26-23(24)27(21)22/h3-12H,13-14H2,1-2H3,(H2,24,26). The van der Waals surface area contributed by atoms with Gasteiger partial charge >= 0.3 is 0 Å². The second-order valence-electron chi connectivity index (χ2n) is 7.18. The van der Waals surface area contributed by atoms with E-state index in [1.807, 2.05) is 53.8 Å². The molecular weight excluding hydrogens is 348 g/mol. The third kappa shape index (κ3) is 3.51. The molecule has 0 radical (unpaired) electrons. The fourth-order valence-corrected chi connectivity index (χ4v) is 3.48. The van der Waals surface area contributed by atoms with Crippen LogP contribution in [0.4, 0.5) is 5.95 Å². The van der Waals surface area contributed by atoms with Crippen molar-refractivity contribution in [2.45, 2.75) is 26.7 Å². The molecule has 2 aromatic carbocycles. The number of hydrogen-bond donors (Lipinski definition) is 1. The number of carbonyl (C=O) groups is 1. The summed E-state index contributed by atoms with van der Waals surface area (Å²) >= 11 is 0. The number of benzene rings is 2. The van der Waals surface area contributed by atoms with Gasteiger partial charge in [-0.05, 0) is 48.2 Å². The molecule has 0 fully saturated rings. The number of nitrogens with two attached hydrogens (primary N) is 1. The molecule has 0 amide bonds. The maximum Gasteiger partial charge on any atom is 0.226 e. The van der Waals surface area contributed by atoms with Gasteiger partial charge in [0.25, 0.3) is 0 Å². The second-order valence-corrected chi connectivity index (χ2v) is 7.18. The number of ketones is 1. The van der Waals surface area contributed by atoms with Crippen LogP contribution >= 0.6 is 0 Å². The van der Waals surface area contributed by atoms with Crippen molar-refractivity contribution in [1.29, 1.82) is 0 Å². The molecule has 2 heterocycles. The molecule has 0 saturated heterocycles. The zero-order chi connectivity index (χ0) is 19.7. The van der Waals surface area contributed by atoms with E-state index in [2.05, 4.69) is 35.3 Å². The van der Waals surface area contributed by atoms with Gasteiger partial charge in [0.2, 0.25) is 5.95 Å². The fourth-order valence-electron chi connectivity index (χ4n) is 3.48. The first kappa shape index (κ1) is 17.9. The van der Waals surface area contributed by atoms with Crippen LogP contribution in [0.1, 0.15) is 22.3 Å². The Labute approximate surface area is 163 Å². The Hall–Kier alpha value is -3.47.